The highest BCUT2D eigenvalue weighted by atomic mass is 16.6. The number of pyridine rings is 1. The fraction of sp³-hybridized carbons (Fsp3) is 0.385. The first-order valence-corrected chi connectivity index (χ1v) is 11.6. The van der Waals surface area contributed by atoms with E-state index in [0.29, 0.717) is 19.7 Å². The van der Waals surface area contributed by atoms with Crippen LogP contribution in [-0.4, -0.2) is 65.7 Å². The van der Waals surface area contributed by atoms with Crippen molar-refractivity contribution >= 4 is 11.6 Å². The van der Waals surface area contributed by atoms with Gasteiger partial charge in [-0.25, -0.2) is 4.98 Å². The molecule has 1 atom stereocenters. The number of hydrogen-bond acceptors (Lipinski definition) is 6. The predicted octanol–water partition coefficient (Wildman–Crippen LogP) is 3.34. The Bertz CT molecular complexity index is 1120. The summed E-state index contributed by atoms with van der Waals surface area (Å²) >= 11 is 0. The number of hydrogen-bond donors (Lipinski definition) is 0. The van der Waals surface area contributed by atoms with E-state index in [1.54, 1.807) is 0 Å². The molecule has 33 heavy (non-hydrogen) atoms. The van der Waals surface area contributed by atoms with Crippen LogP contribution in [0.15, 0.2) is 54.7 Å². The van der Waals surface area contributed by atoms with E-state index in [9.17, 15) is 4.79 Å². The maximum Gasteiger partial charge on any atom is 0.178 e. The highest BCUT2D eigenvalue weighted by molar-refractivity contribution is 5.99. The number of fused-ring (bicyclic) bond motifs is 1. The van der Waals surface area contributed by atoms with Crippen LogP contribution in [0.2, 0.25) is 0 Å². The number of benzene rings is 1. The molecule has 2 aliphatic rings. The fourth-order valence-electron chi connectivity index (χ4n) is 4.69. The van der Waals surface area contributed by atoms with E-state index in [4.69, 9.17) is 9.47 Å². The molecule has 0 saturated carbocycles. The van der Waals surface area contributed by atoms with Gasteiger partial charge >= 0.3 is 0 Å². The van der Waals surface area contributed by atoms with Gasteiger partial charge in [0.25, 0.3) is 0 Å². The molecule has 1 aromatic carbocycles. The molecule has 2 aromatic heterocycles. The molecule has 3 aromatic rings. The lowest BCUT2D eigenvalue weighted by molar-refractivity contribution is 0.0777. The lowest BCUT2D eigenvalue weighted by atomic mass is 10.1. The van der Waals surface area contributed by atoms with Crippen LogP contribution < -0.4 is 14.4 Å². The van der Waals surface area contributed by atoms with Gasteiger partial charge in [-0.3, -0.25) is 9.69 Å². The molecule has 2 aliphatic heterocycles. The zero-order valence-electron chi connectivity index (χ0n) is 19.2. The number of aryl methyl sites for hydroxylation is 1. The average molecular weight is 447 g/mol. The van der Waals surface area contributed by atoms with Gasteiger partial charge in [0.05, 0.1) is 13.1 Å². The summed E-state index contributed by atoms with van der Waals surface area (Å²) in [5.41, 5.74) is 2.86. The topological polar surface area (TPSA) is 59.8 Å². The maximum atomic E-state index is 13.2. The molecule has 0 bridgehead atoms. The van der Waals surface area contributed by atoms with Crippen molar-refractivity contribution in [2.24, 2.45) is 0 Å². The van der Waals surface area contributed by atoms with Crippen LogP contribution in [0.5, 0.6) is 11.5 Å². The van der Waals surface area contributed by atoms with E-state index in [-0.39, 0.29) is 11.9 Å². The second kappa shape index (κ2) is 9.27. The quantitative estimate of drug-likeness (QED) is 0.542. The van der Waals surface area contributed by atoms with Gasteiger partial charge < -0.3 is 18.9 Å². The lowest BCUT2D eigenvalue weighted by Gasteiger charge is -2.35. The number of para-hydroxylation sites is 2. The number of carbonyl (C=O) groups is 1. The number of Topliss-reactive ketones (excluding diaryl/α,β-unsaturated/α-hetero) is 1. The minimum absolute atomic E-state index is 0.0904. The van der Waals surface area contributed by atoms with Gasteiger partial charge in [-0.2, -0.15) is 0 Å². The zero-order chi connectivity index (χ0) is 22.8. The molecule has 0 radical (unpaired) electrons. The van der Waals surface area contributed by atoms with Crippen molar-refractivity contribution in [3.05, 3.63) is 71.7 Å². The second-order valence-corrected chi connectivity index (χ2v) is 8.77. The van der Waals surface area contributed by atoms with Crippen molar-refractivity contribution < 1.29 is 14.3 Å². The van der Waals surface area contributed by atoms with Gasteiger partial charge in [0.1, 0.15) is 12.4 Å². The Morgan fingerprint density at radius 1 is 1.03 bits per heavy atom. The van der Waals surface area contributed by atoms with Gasteiger partial charge in [0, 0.05) is 49.3 Å². The molecule has 172 valence electrons. The predicted molar refractivity (Wildman–Crippen MR) is 127 cm³/mol. The summed E-state index contributed by atoms with van der Waals surface area (Å²) in [6.07, 6.45) is 1.73. The number of nitrogens with zero attached hydrogens (tertiary/aromatic N) is 4. The van der Waals surface area contributed by atoms with E-state index in [1.807, 2.05) is 68.6 Å². The van der Waals surface area contributed by atoms with E-state index in [0.717, 1.165) is 60.4 Å². The molecule has 1 saturated heterocycles. The van der Waals surface area contributed by atoms with Crippen molar-refractivity contribution in [1.82, 2.24) is 14.5 Å². The van der Waals surface area contributed by atoms with Crippen LogP contribution in [0, 0.1) is 13.8 Å². The van der Waals surface area contributed by atoms with Gasteiger partial charge in [-0.15, -0.1) is 0 Å². The summed E-state index contributed by atoms with van der Waals surface area (Å²) in [6, 6.07) is 15.7. The molecule has 0 amide bonds. The Hall–Kier alpha value is -3.32. The number of piperazine rings is 1. The molecule has 5 rings (SSSR count). The van der Waals surface area contributed by atoms with Gasteiger partial charge in [-0.05, 0) is 44.2 Å². The minimum atomic E-state index is -0.0904. The number of ketones is 1. The highest BCUT2D eigenvalue weighted by Crippen LogP contribution is 2.31. The van der Waals surface area contributed by atoms with Gasteiger partial charge in [0.2, 0.25) is 0 Å². The molecular weight excluding hydrogens is 416 g/mol. The van der Waals surface area contributed by atoms with Gasteiger partial charge in [-0.1, -0.05) is 18.2 Å². The lowest BCUT2D eigenvalue weighted by Crippen LogP contribution is -2.48. The van der Waals surface area contributed by atoms with Crippen molar-refractivity contribution in [2.75, 3.05) is 44.2 Å². The molecule has 0 N–H and O–H groups in total. The Balaban J connectivity index is 1.20. The smallest absolute Gasteiger partial charge is 0.178 e. The molecule has 7 nitrogen and oxygen atoms in total. The SMILES string of the molecule is Cc1cc(C(=O)CN2CCN(c3ccccn3)CC2)c(C)n1C[C@H]1COc2ccccc2O1. The zero-order valence-corrected chi connectivity index (χ0v) is 19.2. The van der Waals surface area contributed by atoms with Gasteiger partial charge in [0.15, 0.2) is 23.4 Å². The number of rotatable bonds is 6. The largest absolute Gasteiger partial charge is 0.486 e. The number of carbonyl (C=O) groups excluding carboxylic acids is 1. The average Bonchev–Trinajstić information content (AvgIpc) is 3.13. The van der Waals surface area contributed by atoms with Crippen LogP contribution in [0.25, 0.3) is 0 Å². The fourth-order valence-corrected chi connectivity index (χ4v) is 4.69. The summed E-state index contributed by atoms with van der Waals surface area (Å²) < 4.78 is 14.2. The van der Waals surface area contributed by atoms with Crippen molar-refractivity contribution in [3.63, 3.8) is 0 Å². The summed E-state index contributed by atoms with van der Waals surface area (Å²) in [7, 11) is 0. The van der Waals surface area contributed by atoms with Crippen LogP contribution in [0.4, 0.5) is 5.82 Å². The number of ether oxygens (including phenoxy) is 2. The molecule has 7 heteroatoms. The Morgan fingerprint density at radius 3 is 2.55 bits per heavy atom. The van der Waals surface area contributed by atoms with E-state index >= 15 is 0 Å². The first kappa shape index (κ1) is 21.5. The van der Waals surface area contributed by atoms with Crippen LogP contribution in [0.3, 0.4) is 0 Å². The normalized spacial score (nSPS) is 18.4. The molecule has 1 fully saturated rings. The van der Waals surface area contributed by atoms with Crippen molar-refractivity contribution in [1.29, 1.82) is 0 Å². The summed E-state index contributed by atoms with van der Waals surface area (Å²) in [5.74, 6) is 2.74. The summed E-state index contributed by atoms with van der Waals surface area (Å²) in [6.45, 7) is 9.13. The van der Waals surface area contributed by atoms with E-state index in [1.165, 1.54) is 0 Å². The molecule has 0 aliphatic carbocycles. The number of anilines is 1. The minimum Gasteiger partial charge on any atom is -0.486 e. The summed E-state index contributed by atoms with van der Waals surface area (Å²) in [5, 5.41) is 0. The van der Waals surface area contributed by atoms with E-state index < -0.39 is 0 Å². The Labute approximate surface area is 194 Å². The summed E-state index contributed by atoms with van der Waals surface area (Å²) in [4.78, 5) is 22.1. The third-order valence-electron chi connectivity index (χ3n) is 6.54. The monoisotopic (exact) mass is 446 g/mol. The first-order valence-electron chi connectivity index (χ1n) is 11.6. The Morgan fingerprint density at radius 2 is 1.79 bits per heavy atom. The first-order chi connectivity index (χ1) is 16.1. The second-order valence-electron chi connectivity index (χ2n) is 8.77. The maximum absolute atomic E-state index is 13.2. The standard InChI is InChI=1S/C26H30N4O3/c1-19-15-22(20(2)30(19)16-21-18-32-24-7-3-4-8-25(24)33-21)23(31)17-28-11-13-29(14-12-28)26-9-5-6-10-27-26/h3-10,15,21H,11-14,16-18H2,1-2H3/t21-/m0/s1. The molecule has 0 spiro atoms. The highest BCUT2D eigenvalue weighted by Gasteiger charge is 2.25. The third kappa shape index (κ3) is 4.59. The van der Waals surface area contributed by atoms with Crippen LogP contribution in [-0.2, 0) is 6.54 Å². The molecule has 4 heterocycles. The molecular formula is C26H30N4O3. The van der Waals surface area contributed by atoms with Crippen molar-refractivity contribution in [2.45, 2.75) is 26.5 Å². The van der Waals surface area contributed by atoms with Crippen LogP contribution >= 0.6 is 0 Å². The van der Waals surface area contributed by atoms with Crippen LogP contribution in [0.1, 0.15) is 21.7 Å². The van der Waals surface area contributed by atoms with E-state index in [2.05, 4.69) is 19.4 Å². The Kier molecular flexibility index (Phi) is 6.05. The number of aromatic nitrogens is 2. The van der Waals surface area contributed by atoms with Crippen molar-refractivity contribution in [3.8, 4) is 11.5 Å². The molecule has 0 unspecified atom stereocenters. The third-order valence-corrected chi connectivity index (χ3v) is 6.54.